The highest BCUT2D eigenvalue weighted by Gasteiger charge is 2.29. The van der Waals surface area contributed by atoms with Crippen molar-refractivity contribution in [3.8, 4) is 5.75 Å². The number of para-hydroxylation sites is 1. The molecule has 1 atom stereocenters. The third-order valence-electron chi connectivity index (χ3n) is 5.00. The van der Waals surface area contributed by atoms with Gasteiger partial charge < -0.3 is 9.84 Å². The first-order chi connectivity index (χ1) is 14.4. The molecule has 1 fully saturated rings. The molecule has 30 heavy (non-hydrogen) atoms. The summed E-state index contributed by atoms with van der Waals surface area (Å²) in [5.74, 6) is 0.751. The molecule has 0 saturated carbocycles. The number of piperazine rings is 1. The summed E-state index contributed by atoms with van der Waals surface area (Å²) < 4.78 is 33.7. The van der Waals surface area contributed by atoms with E-state index in [-0.39, 0.29) is 11.5 Å². The standard InChI is InChI=1S/C22H27BrN2O4S/c1-2-6-18-7-3-4-10-22(18)29-17-20(26)16-24-11-13-25(14-12-24)30(27,28)21-9-5-8-19(23)15-21/h2-5,7-10,15,20,26H,1,6,11-14,16-17H2. The molecule has 1 N–H and O–H groups in total. The second-order valence-electron chi connectivity index (χ2n) is 7.23. The summed E-state index contributed by atoms with van der Waals surface area (Å²) in [7, 11) is -3.51. The molecule has 0 radical (unpaired) electrons. The summed E-state index contributed by atoms with van der Waals surface area (Å²) in [6.45, 7) is 6.30. The number of hydrogen-bond donors (Lipinski definition) is 1. The molecule has 0 amide bonds. The average Bonchev–Trinajstić information content (AvgIpc) is 2.74. The van der Waals surface area contributed by atoms with Crippen molar-refractivity contribution < 1.29 is 18.3 Å². The van der Waals surface area contributed by atoms with Crippen molar-refractivity contribution in [1.29, 1.82) is 0 Å². The zero-order valence-electron chi connectivity index (χ0n) is 16.8. The fourth-order valence-electron chi connectivity index (χ4n) is 3.43. The van der Waals surface area contributed by atoms with Gasteiger partial charge in [-0.25, -0.2) is 8.42 Å². The molecule has 1 aliphatic heterocycles. The molecule has 3 rings (SSSR count). The van der Waals surface area contributed by atoms with Gasteiger partial charge in [-0.2, -0.15) is 4.31 Å². The van der Waals surface area contributed by atoms with E-state index >= 15 is 0 Å². The largest absolute Gasteiger partial charge is 0.491 e. The third kappa shape index (κ3) is 5.92. The van der Waals surface area contributed by atoms with Gasteiger partial charge >= 0.3 is 0 Å². The Labute approximate surface area is 186 Å². The highest BCUT2D eigenvalue weighted by atomic mass is 79.9. The van der Waals surface area contributed by atoms with Gasteiger partial charge in [0, 0.05) is 37.2 Å². The maximum atomic E-state index is 12.8. The summed E-state index contributed by atoms with van der Waals surface area (Å²) in [5, 5.41) is 10.4. The number of halogens is 1. The molecule has 2 aromatic rings. The molecule has 8 heteroatoms. The second kappa shape index (κ2) is 10.5. The van der Waals surface area contributed by atoms with E-state index in [1.807, 2.05) is 30.3 Å². The molecule has 0 bridgehead atoms. The van der Waals surface area contributed by atoms with Crippen molar-refractivity contribution in [1.82, 2.24) is 9.21 Å². The first-order valence-electron chi connectivity index (χ1n) is 9.88. The summed E-state index contributed by atoms with van der Waals surface area (Å²) in [4.78, 5) is 2.35. The number of sulfonamides is 1. The summed E-state index contributed by atoms with van der Waals surface area (Å²) >= 11 is 3.32. The van der Waals surface area contributed by atoms with E-state index in [1.165, 1.54) is 4.31 Å². The first kappa shape index (κ1) is 23.0. The number of aliphatic hydroxyl groups is 1. The van der Waals surface area contributed by atoms with Crippen LogP contribution in [0.3, 0.4) is 0 Å². The number of ether oxygens (including phenoxy) is 1. The Hall–Kier alpha value is -1.71. The maximum Gasteiger partial charge on any atom is 0.243 e. The number of aliphatic hydroxyl groups excluding tert-OH is 1. The van der Waals surface area contributed by atoms with Gasteiger partial charge in [0.2, 0.25) is 10.0 Å². The van der Waals surface area contributed by atoms with Crippen LogP contribution in [0.15, 0.2) is 70.6 Å². The number of β-amino-alcohol motifs (C(OH)–C–C–N with tert-alkyl or cyclic N) is 1. The van der Waals surface area contributed by atoms with Crippen LogP contribution in [0.1, 0.15) is 5.56 Å². The minimum absolute atomic E-state index is 0.185. The van der Waals surface area contributed by atoms with E-state index in [2.05, 4.69) is 27.4 Å². The summed E-state index contributed by atoms with van der Waals surface area (Å²) in [5.41, 5.74) is 1.03. The molecular weight excluding hydrogens is 468 g/mol. The van der Waals surface area contributed by atoms with Crippen molar-refractivity contribution >= 4 is 26.0 Å². The van der Waals surface area contributed by atoms with Gasteiger partial charge in [-0.3, -0.25) is 4.90 Å². The summed E-state index contributed by atoms with van der Waals surface area (Å²) in [6.07, 6.45) is 1.87. The van der Waals surface area contributed by atoms with Crippen molar-refractivity contribution in [2.24, 2.45) is 0 Å². The van der Waals surface area contributed by atoms with Crippen LogP contribution in [0.2, 0.25) is 0 Å². The Bertz CT molecular complexity index is 959. The Morgan fingerprint density at radius 3 is 2.57 bits per heavy atom. The third-order valence-corrected chi connectivity index (χ3v) is 7.39. The van der Waals surface area contributed by atoms with Crippen molar-refractivity contribution in [3.05, 3.63) is 71.2 Å². The van der Waals surface area contributed by atoms with E-state index in [9.17, 15) is 13.5 Å². The molecule has 0 spiro atoms. The fraction of sp³-hybridized carbons (Fsp3) is 0.364. The molecule has 0 aliphatic carbocycles. The lowest BCUT2D eigenvalue weighted by Crippen LogP contribution is -2.50. The minimum Gasteiger partial charge on any atom is -0.491 e. The van der Waals surface area contributed by atoms with Crippen LogP contribution < -0.4 is 4.74 Å². The number of benzene rings is 2. The molecular formula is C22H27BrN2O4S. The lowest BCUT2D eigenvalue weighted by molar-refractivity contribution is 0.0566. The number of allylic oxidation sites excluding steroid dienone is 1. The van der Waals surface area contributed by atoms with Gasteiger partial charge in [0.1, 0.15) is 18.5 Å². The lowest BCUT2D eigenvalue weighted by atomic mass is 10.1. The Morgan fingerprint density at radius 2 is 1.87 bits per heavy atom. The SMILES string of the molecule is C=CCc1ccccc1OCC(O)CN1CCN(S(=O)(=O)c2cccc(Br)c2)CC1. The maximum absolute atomic E-state index is 12.8. The predicted octanol–water partition coefficient (Wildman–Crippen LogP) is 2.92. The molecule has 0 aromatic heterocycles. The zero-order chi connectivity index (χ0) is 21.6. The van der Waals surface area contributed by atoms with Crippen LogP contribution in [0, 0.1) is 0 Å². The van der Waals surface area contributed by atoms with E-state index in [1.54, 1.807) is 24.3 Å². The van der Waals surface area contributed by atoms with E-state index in [0.29, 0.717) is 39.1 Å². The second-order valence-corrected chi connectivity index (χ2v) is 10.1. The number of rotatable bonds is 9. The van der Waals surface area contributed by atoms with E-state index < -0.39 is 16.1 Å². The van der Waals surface area contributed by atoms with Gasteiger partial charge in [0.15, 0.2) is 0 Å². The van der Waals surface area contributed by atoms with Crippen LogP contribution in [0.25, 0.3) is 0 Å². The van der Waals surface area contributed by atoms with Gasteiger partial charge in [-0.1, -0.05) is 46.3 Å². The van der Waals surface area contributed by atoms with E-state index in [4.69, 9.17) is 4.74 Å². The molecule has 1 unspecified atom stereocenters. The van der Waals surface area contributed by atoms with Crippen molar-refractivity contribution in [3.63, 3.8) is 0 Å². The highest BCUT2D eigenvalue weighted by molar-refractivity contribution is 9.10. The smallest absolute Gasteiger partial charge is 0.243 e. The predicted molar refractivity (Wildman–Crippen MR) is 121 cm³/mol. The van der Waals surface area contributed by atoms with Gasteiger partial charge in [-0.05, 0) is 36.2 Å². The van der Waals surface area contributed by atoms with Crippen molar-refractivity contribution in [2.75, 3.05) is 39.3 Å². The number of hydrogen-bond acceptors (Lipinski definition) is 5. The Kier molecular flexibility index (Phi) is 8.07. The van der Waals surface area contributed by atoms with Crippen LogP contribution in [-0.4, -0.2) is 68.2 Å². The fourth-order valence-corrected chi connectivity index (χ4v) is 5.45. The topological polar surface area (TPSA) is 70.1 Å². The van der Waals surface area contributed by atoms with Gasteiger partial charge in [-0.15, -0.1) is 6.58 Å². The Balaban J connectivity index is 1.49. The molecule has 1 aliphatic rings. The molecule has 6 nitrogen and oxygen atoms in total. The lowest BCUT2D eigenvalue weighted by Gasteiger charge is -2.34. The Morgan fingerprint density at radius 1 is 1.13 bits per heavy atom. The number of nitrogens with zero attached hydrogens (tertiary/aromatic N) is 2. The minimum atomic E-state index is -3.51. The zero-order valence-corrected chi connectivity index (χ0v) is 19.2. The molecule has 162 valence electrons. The molecule has 1 saturated heterocycles. The monoisotopic (exact) mass is 494 g/mol. The van der Waals surface area contributed by atoms with Crippen LogP contribution in [-0.2, 0) is 16.4 Å². The normalized spacial score (nSPS) is 16.9. The quantitative estimate of drug-likeness (QED) is 0.542. The van der Waals surface area contributed by atoms with Gasteiger partial charge in [0.25, 0.3) is 0 Å². The summed E-state index contributed by atoms with van der Waals surface area (Å²) in [6, 6.07) is 14.5. The van der Waals surface area contributed by atoms with Gasteiger partial charge in [0.05, 0.1) is 4.90 Å². The van der Waals surface area contributed by atoms with Crippen molar-refractivity contribution in [2.45, 2.75) is 17.4 Å². The first-order valence-corrected chi connectivity index (χ1v) is 12.1. The average molecular weight is 495 g/mol. The van der Waals surface area contributed by atoms with Crippen LogP contribution in [0.4, 0.5) is 0 Å². The van der Waals surface area contributed by atoms with E-state index in [0.717, 1.165) is 15.8 Å². The van der Waals surface area contributed by atoms with Crippen LogP contribution in [0.5, 0.6) is 5.75 Å². The molecule has 1 heterocycles. The van der Waals surface area contributed by atoms with Crippen LogP contribution >= 0.6 is 15.9 Å². The highest BCUT2D eigenvalue weighted by Crippen LogP contribution is 2.22. The molecule has 2 aromatic carbocycles.